The number of rotatable bonds is 3. The van der Waals surface area contributed by atoms with Crippen molar-refractivity contribution in [2.45, 2.75) is 0 Å². The Hall–Kier alpha value is -2.13. The number of hydrogen-bond acceptors (Lipinski definition) is 8. The Morgan fingerprint density at radius 2 is 2.29 bits per heavy atom. The highest BCUT2D eigenvalue weighted by molar-refractivity contribution is 8.15. The predicted molar refractivity (Wildman–Crippen MR) is 82.5 cm³/mol. The van der Waals surface area contributed by atoms with Crippen LogP contribution in [0.4, 0.5) is 0 Å². The third-order valence-electron chi connectivity index (χ3n) is 2.58. The van der Waals surface area contributed by atoms with Gasteiger partial charge in [0.15, 0.2) is 16.5 Å². The number of benzene rings is 1. The van der Waals surface area contributed by atoms with Gasteiger partial charge in [-0.25, -0.2) is 4.79 Å². The first kappa shape index (κ1) is 13.8. The zero-order valence-corrected chi connectivity index (χ0v) is 12.4. The van der Waals surface area contributed by atoms with Gasteiger partial charge < -0.3 is 14.5 Å². The Balaban J connectivity index is 1.90. The predicted octanol–water partition coefficient (Wildman–Crippen LogP) is 1.42. The summed E-state index contributed by atoms with van der Waals surface area (Å²) in [5.74, 6) is 0.737. The third-order valence-corrected chi connectivity index (χ3v) is 4.22. The minimum atomic E-state index is -0.386. The fraction of sp³-hybridized carbons (Fsp3) is 0.167. The molecule has 3 rings (SSSR count). The van der Waals surface area contributed by atoms with Crippen molar-refractivity contribution in [1.82, 2.24) is 5.32 Å². The zero-order chi connectivity index (χ0) is 14.8. The van der Waals surface area contributed by atoms with Crippen molar-refractivity contribution >= 4 is 50.7 Å². The molecule has 1 aromatic heterocycles. The van der Waals surface area contributed by atoms with Crippen LogP contribution in [-0.2, 0) is 4.79 Å². The summed E-state index contributed by atoms with van der Waals surface area (Å²) in [6, 6.07) is 3.46. The lowest BCUT2D eigenvalue weighted by molar-refractivity contribution is -0.116. The molecule has 2 heterocycles. The third kappa shape index (κ3) is 2.98. The summed E-state index contributed by atoms with van der Waals surface area (Å²) < 4.78 is 10.9. The van der Waals surface area contributed by atoms with Gasteiger partial charge in [0, 0.05) is 0 Å². The number of thioether (sulfide) groups is 1. The van der Waals surface area contributed by atoms with Crippen molar-refractivity contribution in [3.8, 4) is 5.75 Å². The Morgan fingerprint density at radius 1 is 1.43 bits per heavy atom. The summed E-state index contributed by atoms with van der Waals surface area (Å²) in [6.45, 7) is 0. The van der Waals surface area contributed by atoms with Crippen molar-refractivity contribution in [3.05, 3.63) is 27.4 Å². The average Bonchev–Trinajstić information content (AvgIpc) is 3.03. The summed E-state index contributed by atoms with van der Waals surface area (Å²) in [7, 11) is 1.50. The molecule has 1 fully saturated rings. The monoisotopic (exact) mass is 323 g/mol. The number of carbonyl (C=O) groups is 1. The van der Waals surface area contributed by atoms with E-state index in [-0.39, 0.29) is 10.8 Å². The Morgan fingerprint density at radius 3 is 3.00 bits per heavy atom. The maximum atomic E-state index is 11.3. The Labute approximate surface area is 126 Å². The molecule has 0 spiro atoms. The van der Waals surface area contributed by atoms with Crippen molar-refractivity contribution < 1.29 is 13.9 Å². The smallest absolute Gasteiger partial charge is 0.396 e. The van der Waals surface area contributed by atoms with Crippen LogP contribution in [-0.4, -0.2) is 30.2 Å². The van der Waals surface area contributed by atoms with Crippen LogP contribution in [0, 0.1) is 0 Å². The van der Waals surface area contributed by atoms with Gasteiger partial charge >= 0.3 is 4.94 Å². The Bertz CT molecular complexity index is 822. The molecule has 0 atom stereocenters. The first-order chi connectivity index (χ1) is 10.2. The van der Waals surface area contributed by atoms with Gasteiger partial charge in [0.25, 0.3) is 0 Å². The fourth-order valence-electron chi connectivity index (χ4n) is 1.72. The molecule has 0 bridgehead atoms. The molecular weight excluding hydrogens is 314 g/mol. The minimum absolute atomic E-state index is 0.0831. The number of amides is 1. The standard InChI is InChI=1S/C12H9N3O4S2/c1-18-7-2-6(3-8-10(7)19-12(17)21-8)4-13-15-11-14-9(16)5-20-11/h2-4H,5H2,1H3,(H,14,15,16). The molecule has 7 nitrogen and oxygen atoms in total. The molecule has 0 aliphatic carbocycles. The van der Waals surface area contributed by atoms with E-state index in [9.17, 15) is 9.59 Å². The molecule has 0 radical (unpaired) electrons. The number of nitrogens with one attached hydrogen (secondary N) is 1. The summed E-state index contributed by atoms with van der Waals surface area (Å²) in [5.41, 5.74) is 1.14. The maximum Gasteiger partial charge on any atom is 0.396 e. The molecule has 2 aromatic rings. The van der Waals surface area contributed by atoms with Crippen molar-refractivity contribution in [3.63, 3.8) is 0 Å². The molecule has 1 aliphatic heterocycles. The summed E-state index contributed by atoms with van der Waals surface area (Å²) in [6.07, 6.45) is 1.52. The van der Waals surface area contributed by atoms with E-state index in [1.165, 1.54) is 25.1 Å². The summed E-state index contributed by atoms with van der Waals surface area (Å²) in [4.78, 5) is 21.9. The highest BCUT2D eigenvalue weighted by Crippen LogP contribution is 2.28. The number of amidine groups is 1. The zero-order valence-electron chi connectivity index (χ0n) is 10.8. The number of hydrogen-bond donors (Lipinski definition) is 1. The SMILES string of the molecule is COc1cc(C=NN=C2NC(=O)CS2)cc2sc(=O)oc12. The van der Waals surface area contributed by atoms with Gasteiger partial charge in [0.05, 0.1) is 23.8 Å². The molecule has 1 aromatic carbocycles. The molecule has 1 N–H and O–H groups in total. The molecule has 1 aliphatic rings. The highest BCUT2D eigenvalue weighted by atomic mass is 32.2. The van der Waals surface area contributed by atoms with E-state index < -0.39 is 0 Å². The van der Waals surface area contributed by atoms with Crippen LogP contribution in [0.1, 0.15) is 5.56 Å². The van der Waals surface area contributed by atoms with Gasteiger partial charge in [-0.05, 0) is 17.7 Å². The number of methoxy groups -OCH3 is 1. The number of fused-ring (bicyclic) bond motifs is 1. The van der Waals surface area contributed by atoms with E-state index in [0.717, 1.165) is 16.9 Å². The minimum Gasteiger partial charge on any atom is -0.493 e. The van der Waals surface area contributed by atoms with Gasteiger partial charge in [-0.15, -0.1) is 5.10 Å². The van der Waals surface area contributed by atoms with Crippen LogP contribution in [0.3, 0.4) is 0 Å². The summed E-state index contributed by atoms with van der Waals surface area (Å²) >= 11 is 2.29. The normalized spacial score (nSPS) is 17.0. The van der Waals surface area contributed by atoms with Crippen molar-refractivity contribution in [2.75, 3.05) is 12.9 Å². The molecule has 108 valence electrons. The second-order valence-electron chi connectivity index (χ2n) is 3.99. The van der Waals surface area contributed by atoms with Crippen LogP contribution in [0.5, 0.6) is 5.75 Å². The molecule has 0 unspecified atom stereocenters. The van der Waals surface area contributed by atoms with Crippen molar-refractivity contribution in [2.24, 2.45) is 10.2 Å². The van der Waals surface area contributed by atoms with E-state index in [1.807, 2.05) is 0 Å². The van der Waals surface area contributed by atoms with Gasteiger partial charge in [-0.1, -0.05) is 23.1 Å². The highest BCUT2D eigenvalue weighted by Gasteiger charge is 2.16. The van der Waals surface area contributed by atoms with E-state index in [4.69, 9.17) is 9.15 Å². The molecular formula is C12H9N3O4S2. The van der Waals surface area contributed by atoms with E-state index in [0.29, 0.717) is 27.0 Å². The number of nitrogens with zero attached hydrogens (tertiary/aromatic N) is 2. The van der Waals surface area contributed by atoms with Gasteiger partial charge in [-0.3, -0.25) is 4.79 Å². The van der Waals surface area contributed by atoms with Gasteiger partial charge in [-0.2, -0.15) is 5.10 Å². The van der Waals surface area contributed by atoms with E-state index >= 15 is 0 Å². The van der Waals surface area contributed by atoms with Crippen LogP contribution in [0.25, 0.3) is 10.3 Å². The quantitative estimate of drug-likeness (QED) is 0.681. The van der Waals surface area contributed by atoms with Crippen LogP contribution < -0.4 is 15.0 Å². The van der Waals surface area contributed by atoms with E-state index in [2.05, 4.69) is 15.5 Å². The van der Waals surface area contributed by atoms with Crippen LogP contribution in [0.2, 0.25) is 0 Å². The van der Waals surface area contributed by atoms with Crippen molar-refractivity contribution in [1.29, 1.82) is 0 Å². The lowest BCUT2D eigenvalue weighted by atomic mass is 10.2. The molecule has 9 heteroatoms. The average molecular weight is 323 g/mol. The maximum absolute atomic E-state index is 11.3. The first-order valence-corrected chi connectivity index (χ1v) is 7.61. The van der Waals surface area contributed by atoms with Gasteiger partial charge in [0.2, 0.25) is 5.91 Å². The fourth-order valence-corrected chi connectivity index (χ4v) is 3.09. The second kappa shape index (κ2) is 5.70. The molecule has 1 saturated heterocycles. The molecule has 21 heavy (non-hydrogen) atoms. The summed E-state index contributed by atoms with van der Waals surface area (Å²) in [5, 5.41) is 10.9. The second-order valence-corrected chi connectivity index (χ2v) is 5.93. The number of ether oxygens (including phenoxy) is 1. The lowest BCUT2D eigenvalue weighted by Gasteiger charge is -2.00. The Kier molecular flexibility index (Phi) is 3.76. The topological polar surface area (TPSA) is 93.3 Å². The van der Waals surface area contributed by atoms with Crippen LogP contribution in [0.15, 0.2) is 31.5 Å². The molecule has 0 saturated carbocycles. The van der Waals surface area contributed by atoms with Gasteiger partial charge in [0.1, 0.15) is 0 Å². The first-order valence-electron chi connectivity index (χ1n) is 5.81. The largest absolute Gasteiger partial charge is 0.493 e. The molecule has 1 amide bonds. The van der Waals surface area contributed by atoms with Crippen LogP contribution >= 0.6 is 23.1 Å². The lowest BCUT2D eigenvalue weighted by Crippen LogP contribution is -2.19. The van der Waals surface area contributed by atoms with E-state index in [1.54, 1.807) is 12.1 Å². The number of carbonyl (C=O) groups excluding carboxylic acids is 1.